The summed E-state index contributed by atoms with van der Waals surface area (Å²) in [5.74, 6) is -1.25. The lowest BCUT2D eigenvalue weighted by atomic mass is 10.1. The maximum atomic E-state index is 12.5. The van der Waals surface area contributed by atoms with E-state index in [0.29, 0.717) is 16.9 Å². The molecule has 0 unspecified atom stereocenters. The first-order valence-corrected chi connectivity index (χ1v) is 7.93. The summed E-state index contributed by atoms with van der Waals surface area (Å²) >= 11 is 0. The molecule has 1 aromatic heterocycles. The molecule has 9 nitrogen and oxygen atoms in total. The lowest BCUT2D eigenvalue weighted by Crippen LogP contribution is -2.30. The number of hydrogen-bond acceptors (Lipinski definition) is 7. The van der Waals surface area contributed by atoms with Gasteiger partial charge in [0, 0.05) is 0 Å². The van der Waals surface area contributed by atoms with Crippen molar-refractivity contribution in [2.45, 2.75) is 13.0 Å². The normalized spacial score (nSPS) is 11.3. The van der Waals surface area contributed by atoms with Crippen LogP contribution in [0.3, 0.4) is 0 Å². The minimum absolute atomic E-state index is 0.210. The molecule has 134 valence electrons. The highest BCUT2D eigenvalue weighted by Crippen LogP contribution is 2.17. The third-order valence-electron chi connectivity index (χ3n) is 3.68. The number of esters is 1. The van der Waals surface area contributed by atoms with Gasteiger partial charge in [-0.05, 0) is 41.6 Å². The number of nitrogens with one attached hydrogen (secondary N) is 1. The van der Waals surface area contributed by atoms with Gasteiger partial charge in [0.15, 0.2) is 6.10 Å². The Morgan fingerprint density at radius 2 is 1.93 bits per heavy atom. The average molecular weight is 362 g/mol. The number of carbonyl (C=O) groups excluding carboxylic acids is 2. The Kier molecular flexibility index (Phi) is 5.18. The third-order valence-corrected chi connectivity index (χ3v) is 3.68. The Labute approximate surface area is 154 Å². The minimum atomic E-state index is -1.08. The summed E-state index contributed by atoms with van der Waals surface area (Å²) in [5.41, 5.74) is 1.30. The van der Waals surface area contributed by atoms with Gasteiger partial charge in [0.05, 0.1) is 22.5 Å². The third kappa shape index (κ3) is 3.96. The molecule has 0 bridgehead atoms. The Balaban J connectivity index is 1.73. The minimum Gasteiger partial charge on any atom is -0.449 e. The average Bonchev–Trinajstić information content (AvgIpc) is 3.23. The summed E-state index contributed by atoms with van der Waals surface area (Å²) < 4.78 is 6.59. The molecule has 1 heterocycles. The summed E-state index contributed by atoms with van der Waals surface area (Å²) in [4.78, 5) is 24.8. The zero-order valence-electron chi connectivity index (χ0n) is 14.2. The molecule has 0 spiro atoms. The van der Waals surface area contributed by atoms with Gasteiger partial charge in [0.2, 0.25) is 0 Å². The molecule has 3 rings (SSSR count). The fourth-order valence-electron chi connectivity index (χ4n) is 2.32. The molecule has 0 fully saturated rings. The largest absolute Gasteiger partial charge is 0.449 e. The molecule has 0 radical (unpaired) electrons. The van der Waals surface area contributed by atoms with Crippen LogP contribution in [0.25, 0.3) is 5.69 Å². The van der Waals surface area contributed by atoms with Crippen molar-refractivity contribution in [3.05, 3.63) is 66.0 Å². The number of benzene rings is 2. The Hall–Kier alpha value is -4.06. The molecule has 1 atom stereocenters. The van der Waals surface area contributed by atoms with Gasteiger partial charge < -0.3 is 10.1 Å². The molecular weight excluding hydrogens is 348 g/mol. The predicted molar refractivity (Wildman–Crippen MR) is 93.8 cm³/mol. The summed E-state index contributed by atoms with van der Waals surface area (Å²) in [6.07, 6.45) is 0.271. The molecule has 3 aromatic rings. The van der Waals surface area contributed by atoms with E-state index in [0.717, 1.165) is 0 Å². The van der Waals surface area contributed by atoms with Crippen molar-refractivity contribution in [1.29, 1.82) is 5.26 Å². The molecule has 0 aliphatic rings. The van der Waals surface area contributed by atoms with Gasteiger partial charge in [-0.25, -0.2) is 4.79 Å². The van der Waals surface area contributed by atoms with Crippen molar-refractivity contribution in [3.8, 4) is 11.8 Å². The van der Waals surface area contributed by atoms with Gasteiger partial charge in [0.25, 0.3) is 5.91 Å². The van der Waals surface area contributed by atoms with Crippen molar-refractivity contribution in [3.63, 3.8) is 0 Å². The van der Waals surface area contributed by atoms with E-state index in [-0.39, 0.29) is 5.56 Å². The summed E-state index contributed by atoms with van der Waals surface area (Å²) in [6, 6.07) is 15.1. The molecule has 0 aliphatic carbocycles. The number of para-hydroxylation sites is 2. The monoisotopic (exact) mass is 362 g/mol. The van der Waals surface area contributed by atoms with Gasteiger partial charge in [-0.2, -0.15) is 9.94 Å². The molecule has 0 saturated carbocycles. The number of nitriles is 1. The van der Waals surface area contributed by atoms with Crippen LogP contribution in [-0.4, -0.2) is 38.2 Å². The molecule has 9 heteroatoms. The molecule has 2 aromatic carbocycles. The van der Waals surface area contributed by atoms with E-state index in [1.54, 1.807) is 48.5 Å². The Bertz CT molecular complexity index is 1010. The van der Waals surface area contributed by atoms with E-state index >= 15 is 0 Å². The van der Waals surface area contributed by atoms with Gasteiger partial charge in [-0.1, -0.05) is 24.3 Å². The number of rotatable bonds is 5. The molecule has 1 amide bonds. The van der Waals surface area contributed by atoms with Crippen LogP contribution >= 0.6 is 0 Å². The second-order valence-electron chi connectivity index (χ2n) is 5.47. The van der Waals surface area contributed by atoms with E-state index in [9.17, 15) is 9.59 Å². The van der Waals surface area contributed by atoms with Crippen LogP contribution < -0.4 is 5.32 Å². The second kappa shape index (κ2) is 7.88. The number of aromatic nitrogens is 4. The highest BCUT2D eigenvalue weighted by Gasteiger charge is 2.22. The topological polar surface area (TPSA) is 123 Å². The first-order chi connectivity index (χ1) is 13.1. The number of ether oxygens (including phenoxy) is 1. The van der Waals surface area contributed by atoms with Crippen molar-refractivity contribution < 1.29 is 14.3 Å². The number of carbonyl (C=O) groups is 2. The number of nitrogens with zero attached hydrogens (tertiary/aromatic N) is 5. The highest BCUT2D eigenvalue weighted by atomic mass is 16.5. The van der Waals surface area contributed by atoms with E-state index in [4.69, 9.17) is 10.00 Å². The summed E-state index contributed by atoms with van der Waals surface area (Å²) in [7, 11) is 0. The van der Waals surface area contributed by atoms with Gasteiger partial charge in [-0.15, -0.1) is 5.10 Å². The zero-order chi connectivity index (χ0) is 19.2. The van der Waals surface area contributed by atoms with Crippen molar-refractivity contribution in [2.75, 3.05) is 5.32 Å². The molecule has 27 heavy (non-hydrogen) atoms. The zero-order valence-corrected chi connectivity index (χ0v) is 14.2. The Morgan fingerprint density at radius 1 is 1.19 bits per heavy atom. The van der Waals surface area contributed by atoms with Crippen LogP contribution in [0, 0.1) is 11.3 Å². The van der Waals surface area contributed by atoms with Crippen LogP contribution in [-0.2, 0) is 9.53 Å². The standard InChI is InChI=1S/C18H14N6O3/c1-12(17(25)21-15-8-4-2-6-13(15)10-19)27-18(26)14-7-3-5-9-16(14)24-11-20-22-23-24/h2-9,11-12H,1H3,(H,21,25)/t12-/m1/s1. The lowest BCUT2D eigenvalue weighted by Gasteiger charge is -2.15. The Morgan fingerprint density at radius 3 is 2.67 bits per heavy atom. The first kappa shape index (κ1) is 17.8. The van der Waals surface area contributed by atoms with Crippen molar-refractivity contribution >= 4 is 17.6 Å². The highest BCUT2D eigenvalue weighted by molar-refractivity contribution is 5.99. The lowest BCUT2D eigenvalue weighted by molar-refractivity contribution is -0.123. The van der Waals surface area contributed by atoms with Crippen LogP contribution in [0.15, 0.2) is 54.9 Å². The second-order valence-corrected chi connectivity index (χ2v) is 5.47. The molecular formula is C18H14N6O3. The fourth-order valence-corrected chi connectivity index (χ4v) is 2.32. The van der Waals surface area contributed by atoms with Gasteiger partial charge in [0.1, 0.15) is 12.4 Å². The molecule has 0 saturated heterocycles. The van der Waals surface area contributed by atoms with E-state index in [1.165, 1.54) is 17.9 Å². The van der Waals surface area contributed by atoms with E-state index in [2.05, 4.69) is 20.8 Å². The van der Waals surface area contributed by atoms with Crippen molar-refractivity contribution in [2.24, 2.45) is 0 Å². The quantitative estimate of drug-likeness (QED) is 0.685. The van der Waals surface area contributed by atoms with Crippen LogP contribution in [0.2, 0.25) is 0 Å². The van der Waals surface area contributed by atoms with Crippen molar-refractivity contribution in [1.82, 2.24) is 20.2 Å². The maximum Gasteiger partial charge on any atom is 0.341 e. The van der Waals surface area contributed by atoms with E-state index < -0.39 is 18.0 Å². The van der Waals surface area contributed by atoms with Gasteiger partial charge >= 0.3 is 5.97 Å². The smallest absolute Gasteiger partial charge is 0.341 e. The molecule has 0 aliphatic heterocycles. The van der Waals surface area contributed by atoms with E-state index in [1.807, 2.05) is 6.07 Å². The number of tetrazole rings is 1. The summed E-state index contributed by atoms with van der Waals surface area (Å²) in [5, 5.41) is 22.5. The fraction of sp³-hybridized carbons (Fsp3) is 0.111. The summed E-state index contributed by atoms with van der Waals surface area (Å²) in [6.45, 7) is 1.45. The number of hydrogen-bond donors (Lipinski definition) is 1. The van der Waals surface area contributed by atoms with Crippen LogP contribution in [0.4, 0.5) is 5.69 Å². The predicted octanol–water partition coefficient (Wildman–Crippen LogP) is 1.72. The van der Waals surface area contributed by atoms with Crippen LogP contribution in [0.5, 0.6) is 0 Å². The molecule has 1 N–H and O–H groups in total. The number of anilines is 1. The SMILES string of the molecule is C[C@@H](OC(=O)c1ccccc1-n1cnnn1)C(=O)Nc1ccccc1C#N. The first-order valence-electron chi connectivity index (χ1n) is 7.93. The number of amides is 1. The maximum absolute atomic E-state index is 12.5. The van der Waals surface area contributed by atoms with Crippen LogP contribution in [0.1, 0.15) is 22.8 Å². The van der Waals surface area contributed by atoms with Gasteiger partial charge in [-0.3, -0.25) is 4.79 Å².